The Hall–Kier alpha value is -1.01. The highest BCUT2D eigenvalue weighted by atomic mass is 35.5. The number of benzene rings is 1. The minimum atomic E-state index is -0.101. The molecule has 0 bridgehead atoms. The predicted octanol–water partition coefficient (Wildman–Crippen LogP) is 1.88. The van der Waals surface area contributed by atoms with Crippen LogP contribution in [0.25, 0.3) is 0 Å². The van der Waals surface area contributed by atoms with Gasteiger partial charge in [-0.25, -0.2) is 0 Å². The van der Waals surface area contributed by atoms with Crippen molar-refractivity contribution in [3.63, 3.8) is 0 Å². The Bertz CT molecular complexity index is 384. The van der Waals surface area contributed by atoms with Crippen molar-refractivity contribution in [1.29, 1.82) is 0 Å². The lowest BCUT2D eigenvalue weighted by Gasteiger charge is -2.13. The van der Waals surface area contributed by atoms with Crippen LogP contribution in [0.4, 0.5) is 0 Å². The van der Waals surface area contributed by atoms with Crippen LogP contribution in [-0.2, 0) is 16.1 Å². The fraction of sp³-hybridized carbons (Fsp3) is 0.538. The Morgan fingerprint density at radius 1 is 1.11 bits per heavy atom. The largest absolute Gasteiger partial charge is 0.493 e. The number of methoxy groups -OCH3 is 2. The van der Waals surface area contributed by atoms with Gasteiger partial charge in [-0.2, -0.15) is 0 Å². The van der Waals surface area contributed by atoms with Gasteiger partial charge in [-0.05, 0) is 17.7 Å². The molecule has 108 valence electrons. The molecule has 0 aromatic heterocycles. The van der Waals surface area contributed by atoms with Crippen LogP contribution in [0.15, 0.2) is 12.1 Å². The van der Waals surface area contributed by atoms with Gasteiger partial charge < -0.3 is 24.1 Å². The zero-order chi connectivity index (χ0) is 14.1. The monoisotopic (exact) mass is 290 g/mol. The summed E-state index contributed by atoms with van der Waals surface area (Å²) in [7, 11) is 3.14. The van der Waals surface area contributed by atoms with E-state index in [9.17, 15) is 0 Å². The molecule has 19 heavy (non-hydrogen) atoms. The maximum Gasteiger partial charge on any atom is 0.179 e. The number of aliphatic hydroxyl groups is 1. The lowest BCUT2D eigenvalue weighted by Crippen LogP contribution is -2.10. The van der Waals surface area contributed by atoms with E-state index < -0.39 is 0 Å². The Morgan fingerprint density at radius 2 is 1.84 bits per heavy atom. The molecule has 0 heterocycles. The Labute approximate surface area is 118 Å². The first-order valence-electron chi connectivity index (χ1n) is 5.89. The van der Waals surface area contributed by atoms with E-state index >= 15 is 0 Å². The summed E-state index contributed by atoms with van der Waals surface area (Å²) < 4.78 is 20.9. The van der Waals surface area contributed by atoms with Crippen molar-refractivity contribution >= 4 is 11.6 Å². The topological polar surface area (TPSA) is 57.2 Å². The van der Waals surface area contributed by atoms with Crippen molar-refractivity contribution in [3.8, 4) is 11.5 Å². The fourth-order valence-electron chi connectivity index (χ4n) is 1.45. The normalized spacial score (nSPS) is 10.5. The van der Waals surface area contributed by atoms with Gasteiger partial charge in [0.1, 0.15) is 6.61 Å². The zero-order valence-electron chi connectivity index (χ0n) is 11.1. The minimum absolute atomic E-state index is 0.101. The van der Waals surface area contributed by atoms with Gasteiger partial charge in [0.25, 0.3) is 0 Å². The van der Waals surface area contributed by atoms with E-state index in [0.29, 0.717) is 48.5 Å². The first kappa shape index (κ1) is 16.0. The Morgan fingerprint density at radius 3 is 2.47 bits per heavy atom. The smallest absolute Gasteiger partial charge is 0.179 e. The highest BCUT2D eigenvalue weighted by Crippen LogP contribution is 2.36. The predicted molar refractivity (Wildman–Crippen MR) is 72.1 cm³/mol. The highest BCUT2D eigenvalue weighted by molar-refractivity contribution is 6.32. The quantitative estimate of drug-likeness (QED) is 0.704. The molecule has 1 aromatic rings. The summed E-state index contributed by atoms with van der Waals surface area (Å²) in [5, 5.41) is 9.49. The molecule has 6 heteroatoms. The third-order valence-electron chi connectivity index (χ3n) is 2.38. The first-order chi connectivity index (χ1) is 9.22. The van der Waals surface area contributed by atoms with E-state index in [0.717, 1.165) is 0 Å². The summed E-state index contributed by atoms with van der Waals surface area (Å²) in [6, 6.07) is 3.33. The molecule has 1 rings (SSSR count). The van der Waals surface area contributed by atoms with Crippen molar-refractivity contribution in [2.24, 2.45) is 0 Å². The van der Waals surface area contributed by atoms with Gasteiger partial charge in [0.15, 0.2) is 11.5 Å². The first-order valence-corrected chi connectivity index (χ1v) is 6.27. The molecular formula is C13H19ClO5. The summed E-state index contributed by atoms with van der Waals surface area (Å²) in [6.07, 6.45) is 0. The van der Waals surface area contributed by atoms with Crippen molar-refractivity contribution in [1.82, 2.24) is 0 Å². The van der Waals surface area contributed by atoms with Crippen molar-refractivity contribution in [2.45, 2.75) is 6.61 Å². The summed E-state index contributed by atoms with van der Waals surface area (Å²) in [5.41, 5.74) is 0.672. The lowest BCUT2D eigenvalue weighted by molar-refractivity contribution is 0.0540. The summed E-state index contributed by atoms with van der Waals surface area (Å²) in [4.78, 5) is 0. The van der Waals surface area contributed by atoms with Gasteiger partial charge >= 0.3 is 0 Å². The van der Waals surface area contributed by atoms with Crippen LogP contribution in [0.1, 0.15) is 5.56 Å². The molecule has 0 radical (unpaired) electrons. The molecule has 0 fully saturated rings. The summed E-state index contributed by atoms with van der Waals surface area (Å²) >= 11 is 6.08. The molecule has 0 aliphatic carbocycles. The maximum atomic E-state index is 9.08. The molecule has 1 aromatic carbocycles. The van der Waals surface area contributed by atoms with Crippen molar-refractivity contribution < 1.29 is 24.1 Å². The van der Waals surface area contributed by atoms with Gasteiger partial charge in [-0.1, -0.05) is 11.6 Å². The molecule has 0 aliphatic heterocycles. The van der Waals surface area contributed by atoms with Crippen molar-refractivity contribution in [3.05, 3.63) is 22.7 Å². The SMILES string of the molecule is COCCOCCOc1c(Cl)cc(CO)cc1OC. The number of rotatable bonds is 9. The Kier molecular flexibility index (Phi) is 7.59. The summed E-state index contributed by atoms with van der Waals surface area (Å²) in [6.45, 7) is 1.77. The van der Waals surface area contributed by atoms with E-state index in [1.54, 1.807) is 19.2 Å². The number of ether oxygens (including phenoxy) is 4. The van der Waals surface area contributed by atoms with E-state index in [2.05, 4.69) is 0 Å². The van der Waals surface area contributed by atoms with Crippen LogP contribution >= 0.6 is 11.6 Å². The van der Waals surface area contributed by atoms with Crippen LogP contribution in [0.3, 0.4) is 0 Å². The van der Waals surface area contributed by atoms with E-state index in [-0.39, 0.29) is 6.61 Å². The second-order valence-electron chi connectivity index (χ2n) is 3.72. The van der Waals surface area contributed by atoms with E-state index in [1.165, 1.54) is 7.11 Å². The molecule has 5 nitrogen and oxygen atoms in total. The molecule has 1 N–H and O–H groups in total. The third-order valence-corrected chi connectivity index (χ3v) is 2.66. The molecule has 0 spiro atoms. The molecule has 0 saturated carbocycles. The minimum Gasteiger partial charge on any atom is -0.493 e. The summed E-state index contributed by atoms with van der Waals surface area (Å²) in [5.74, 6) is 0.949. The fourth-order valence-corrected chi connectivity index (χ4v) is 1.74. The average Bonchev–Trinajstić information content (AvgIpc) is 2.43. The van der Waals surface area contributed by atoms with Crippen LogP contribution in [-0.4, -0.2) is 45.8 Å². The van der Waals surface area contributed by atoms with Gasteiger partial charge in [0.2, 0.25) is 0 Å². The average molecular weight is 291 g/mol. The van der Waals surface area contributed by atoms with Gasteiger partial charge in [0.05, 0.1) is 38.6 Å². The molecular weight excluding hydrogens is 272 g/mol. The van der Waals surface area contributed by atoms with Crippen LogP contribution < -0.4 is 9.47 Å². The van der Waals surface area contributed by atoms with Crippen LogP contribution in [0.2, 0.25) is 5.02 Å². The number of hydrogen-bond acceptors (Lipinski definition) is 5. The second kappa shape index (κ2) is 8.98. The molecule has 0 aliphatic rings. The van der Waals surface area contributed by atoms with E-state index in [4.69, 9.17) is 35.7 Å². The molecule has 0 saturated heterocycles. The van der Waals surface area contributed by atoms with Gasteiger partial charge in [-0.15, -0.1) is 0 Å². The van der Waals surface area contributed by atoms with Gasteiger partial charge in [0, 0.05) is 7.11 Å². The zero-order valence-corrected chi connectivity index (χ0v) is 11.9. The van der Waals surface area contributed by atoms with Crippen molar-refractivity contribution in [2.75, 3.05) is 40.6 Å². The second-order valence-corrected chi connectivity index (χ2v) is 4.13. The highest BCUT2D eigenvalue weighted by Gasteiger charge is 2.11. The third kappa shape index (κ3) is 5.24. The van der Waals surface area contributed by atoms with E-state index in [1.807, 2.05) is 0 Å². The number of aliphatic hydroxyl groups excluding tert-OH is 1. The van der Waals surface area contributed by atoms with Crippen LogP contribution in [0.5, 0.6) is 11.5 Å². The molecule has 0 amide bonds. The Balaban J connectivity index is 2.52. The van der Waals surface area contributed by atoms with Gasteiger partial charge in [-0.3, -0.25) is 0 Å². The molecule has 0 atom stereocenters. The molecule has 0 unspecified atom stereocenters. The lowest BCUT2D eigenvalue weighted by atomic mass is 10.2. The van der Waals surface area contributed by atoms with Crippen LogP contribution in [0, 0.1) is 0 Å². The number of hydrogen-bond donors (Lipinski definition) is 1. The standard InChI is InChI=1S/C13H19ClO5/c1-16-3-4-18-5-6-19-13-11(14)7-10(9-15)8-12(13)17-2/h7-8,15H,3-6,9H2,1-2H3. The number of halogens is 1. The maximum absolute atomic E-state index is 9.08.